The van der Waals surface area contributed by atoms with E-state index in [2.05, 4.69) is 46.4 Å². The lowest BCUT2D eigenvalue weighted by molar-refractivity contribution is -0.116. The van der Waals surface area contributed by atoms with Crippen molar-refractivity contribution in [2.45, 2.75) is 93.4 Å². The molecule has 192 valence electrons. The van der Waals surface area contributed by atoms with Crippen molar-refractivity contribution in [3.05, 3.63) is 101 Å². The second-order valence-corrected chi connectivity index (χ2v) is 9.26. The van der Waals surface area contributed by atoms with E-state index >= 15 is 0 Å². The Kier molecular flexibility index (Phi) is 17.8. The summed E-state index contributed by atoms with van der Waals surface area (Å²) in [5.41, 5.74) is 14.4. The molecule has 1 aliphatic rings. The number of allylic oxidation sites excluding steroid dienone is 5. The van der Waals surface area contributed by atoms with Crippen molar-refractivity contribution >= 4 is 11.5 Å². The number of hydrogen-bond acceptors (Lipinski definition) is 2. The van der Waals surface area contributed by atoms with E-state index < -0.39 is 0 Å². The zero-order valence-corrected chi connectivity index (χ0v) is 23.4. The molecule has 3 rings (SSSR count). The maximum atomic E-state index is 10.7. The quantitative estimate of drug-likeness (QED) is 0.334. The van der Waals surface area contributed by atoms with Crippen molar-refractivity contribution in [3.8, 4) is 0 Å². The average Bonchev–Trinajstić information content (AvgIpc) is 2.83. The Labute approximate surface area is 216 Å². The molecule has 0 saturated heterocycles. The normalized spacial score (nSPS) is 11.7. The van der Waals surface area contributed by atoms with Crippen molar-refractivity contribution in [2.24, 2.45) is 0 Å². The van der Waals surface area contributed by atoms with Gasteiger partial charge in [-0.05, 0) is 83.1 Å². The number of carbonyl (C=O) groups excluding carboxylic acids is 1. The number of rotatable bonds is 6. The van der Waals surface area contributed by atoms with E-state index in [0.717, 1.165) is 11.3 Å². The molecule has 0 aromatic heterocycles. The number of nitrogen functional groups attached to an aromatic ring is 1. The van der Waals surface area contributed by atoms with Gasteiger partial charge in [0, 0.05) is 12.1 Å². The summed E-state index contributed by atoms with van der Waals surface area (Å²) in [6.07, 6.45) is 12.6. The summed E-state index contributed by atoms with van der Waals surface area (Å²) < 4.78 is 0. The Morgan fingerprint density at radius 3 is 1.77 bits per heavy atom. The predicted octanol–water partition coefficient (Wildman–Crippen LogP) is 9.52. The van der Waals surface area contributed by atoms with Crippen molar-refractivity contribution < 1.29 is 4.79 Å². The molecule has 0 saturated carbocycles. The SMILES string of the molecule is C=C(C)CCC.CC(=O)Cc1ccc(C)cc1.CCC1=C(CC)CCC=C1.Cc1ccc(N)cc1. The van der Waals surface area contributed by atoms with Gasteiger partial charge in [-0.1, -0.05) is 98.0 Å². The topological polar surface area (TPSA) is 43.1 Å². The zero-order chi connectivity index (χ0) is 26.6. The summed E-state index contributed by atoms with van der Waals surface area (Å²) >= 11 is 0. The van der Waals surface area contributed by atoms with Gasteiger partial charge in [-0.25, -0.2) is 0 Å². The summed E-state index contributed by atoms with van der Waals surface area (Å²) in [6, 6.07) is 15.8. The Morgan fingerprint density at radius 1 is 0.886 bits per heavy atom. The van der Waals surface area contributed by atoms with Crippen LogP contribution in [0.4, 0.5) is 5.69 Å². The molecule has 0 unspecified atom stereocenters. The molecule has 0 spiro atoms. The molecule has 0 bridgehead atoms. The van der Waals surface area contributed by atoms with Gasteiger partial charge in [-0.2, -0.15) is 0 Å². The van der Waals surface area contributed by atoms with Crippen LogP contribution in [0.5, 0.6) is 0 Å². The van der Waals surface area contributed by atoms with Crippen LogP contribution in [0, 0.1) is 13.8 Å². The maximum absolute atomic E-state index is 10.7. The van der Waals surface area contributed by atoms with Crippen LogP contribution < -0.4 is 5.73 Å². The number of hydrogen-bond donors (Lipinski definition) is 1. The highest BCUT2D eigenvalue weighted by molar-refractivity contribution is 5.78. The predicted molar refractivity (Wildman–Crippen MR) is 157 cm³/mol. The highest BCUT2D eigenvalue weighted by Crippen LogP contribution is 2.23. The third-order valence-corrected chi connectivity index (χ3v) is 5.52. The molecule has 0 radical (unpaired) electrons. The lowest BCUT2D eigenvalue weighted by Crippen LogP contribution is -1.95. The van der Waals surface area contributed by atoms with Crippen LogP contribution in [0.25, 0.3) is 0 Å². The molecule has 2 N–H and O–H groups in total. The minimum atomic E-state index is 0.217. The van der Waals surface area contributed by atoms with Gasteiger partial charge in [0.2, 0.25) is 0 Å². The van der Waals surface area contributed by atoms with Crippen molar-refractivity contribution in [1.29, 1.82) is 0 Å². The number of carbonyl (C=O) groups is 1. The second kappa shape index (κ2) is 19.4. The van der Waals surface area contributed by atoms with Crippen molar-refractivity contribution in [2.75, 3.05) is 5.73 Å². The van der Waals surface area contributed by atoms with Gasteiger partial charge in [0.15, 0.2) is 0 Å². The molecule has 2 aromatic rings. The molecule has 0 aliphatic heterocycles. The number of ketones is 1. The van der Waals surface area contributed by atoms with Crippen LogP contribution in [0.1, 0.15) is 89.8 Å². The lowest BCUT2D eigenvalue weighted by atomic mass is 9.94. The second-order valence-electron chi connectivity index (χ2n) is 9.26. The standard InChI is InChI=1S/C10H12O.C10H16.C7H9N.C6H12/c1-8-3-5-10(6-4-8)7-9(2)11;1-3-9-7-5-6-8-10(9)4-2;1-6-2-4-7(8)5-3-6;1-4-5-6(2)3/h3-6H,7H2,1-2H3;5,7H,3-4,6,8H2,1-2H3;2-5H,8H2,1H3;2,4-5H2,1,3H3. The van der Waals surface area contributed by atoms with Crippen molar-refractivity contribution in [1.82, 2.24) is 0 Å². The number of aryl methyl sites for hydroxylation is 2. The van der Waals surface area contributed by atoms with E-state index in [1.54, 1.807) is 18.1 Å². The highest BCUT2D eigenvalue weighted by atomic mass is 16.1. The molecule has 0 amide bonds. The molecule has 2 heteroatoms. The van der Waals surface area contributed by atoms with Crippen LogP contribution in [0.15, 0.2) is 84.0 Å². The van der Waals surface area contributed by atoms with Gasteiger partial charge < -0.3 is 5.73 Å². The molecule has 35 heavy (non-hydrogen) atoms. The molecule has 1 aliphatic carbocycles. The molecular weight excluding hydrogens is 426 g/mol. The average molecular weight is 476 g/mol. The van der Waals surface area contributed by atoms with Crippen LogP contribution in [-0.4, -0.2) is 5.78 Å². The summed E-state index contributed by atoms with van der Waals surface area (Å²) in [6.45, 7) is 18.1. The number of nitrogens with two attached hydrogens (primary N) is 1. The number of anilines is 1. The summed E-state index contributed by atoms with van der Waals surface area (Å²) in [5, 5.41) is 0. The third-order valence-electron chi connectivity index (χ3n) is 5.52. The molecule has 0 fully saturated rings. The van der Waals surface area contributed by atoms with Crippen LogP contribution in [0.2, 0.25) is 0 Å². The van der Waals surface area contributed by atoms with E-state index in [0.29, 0.717) is 6.42 Å². The number of benzene rings is 2. The maximum Gasteiger partial charge on any atom is 0.134 e. The molecule has 2 aromatic carbocycles. The first-order valence-corrected chi connectivity index (χ1v) is 13.0. The van der Waals surface area contributed by atoms with Crippen molar-refractivity contribution in [3.63, 3.8) is 0 Å². The number of Topliss-reactive ketones (excluding diaryl/α,β-unsaturated/α-hetero) is 1. The molecular formula is C33H49NO. The highest BCUT2D eigenvalue weighted by Gasteiger charge is 2.03. The minimum Gasteiger partial charge on any atom is -0.399 e. The smallest absolute Gasteiger partial charge is 0.134 e. The Morgan fingerprint density at radius 2 is 1.43 bits per heavy atom. The lowest BCUT2D eigenvalue weighted by Gasteiger charge is -2.12. The van der Waals surface area contributed by atoms with E-state index in [4.69, 9.17) is 5.73 Å². The molecule has 0 atom stereocenters. The van der Waals surface area contributed by atoms with Gasteiger partial charge >= 0.3 is 0 Å². The monoisotopic (exact) mass is 475 g/mol. The fourth-order valence-corrected chi connectivity index (χ4v) is 3.52. The summed E-state index contributed by atoms with van der Waals surface area (Å²) in [7, 11) is 0. The molecule has 2 nitrogen and oxygen atoms in total. The van der Waals surface area contributed by atoms with Gasteiger partial charge in [-0.15, -0.1) is 6.58 Å². The first kappa shape index (κ1) is 32.1. The fraction of sp³-hybridized carbons (Fsp3) is 0.424. The van der Waals surface area contributed by atoms with Gasteiger partial charge in [0.05, 0.1) is 0 Å². The van der Waals surface area contributed by atoms with Gasteiger partial charge in [0.1, 0.15) is 5.78 Å². The Balaban J connectivity index is 0.000000451. The minimum absolute atomic E-state index is 0.217. The van der Waals surface area contributed by atoms with Crippen LogP contribution in [0.3, 0.4) is 0 Å². The first-order chi connectivity index (χ1) is 16.6. The Hall–Kier alpha value is -2.87. The van der Waals surface area contributed by atoms with E-state index in [1.165, 1.54) is 55.2 Å². The van der Waals surface area contributed by atoms with E-state index in [-0.39, 0.29) is 5.78 Å². The van der Waals surface area contributed by atoms with E-state index in [1.807, 2.05) is 62.4 Å². The van der Waals surface area contributed by atoms with Crippen LogP contribution >= 0.6 is 0 Å². The Bertz CT molecular complexity index is 894. The van der Waals surface area contributed by atoms with Gasteiger partial charge in [0.25, 0.3) is 0 Å². The largest absolute Gasteiger partial charge is 0.399 e. The fourth-order valence-electron chi connectivity index (χ4n) is 3.52. The van der Waals surface area contributed by atoms with Gasteiger partial charge in [-0.3, -0.25) is 4.79 Å². The van der Waals surface area contributed by atoms with Crippen LogP contribution in [-0.2, 0) is 11.2 Å². The summed E-state index contributed by atoms with van der Waals surface area (Å²) in [4.78, 5) is 10.7. The van der Waals surface area contributed by atoms with E-state index in [9.17, 15) is 4.79 Å². The summed E-state index contributed by atoms with van der Waals surface area (Å²) in [5.74, 6) is 0.217. The molecule has 0 heterocycles. The zero-order valence-electron chi connectivity index (χ0n) is 23.4. The first-order valence-electron chi connectivity index (χ1n) is 13.0. The third kappa shape index (κ3) is 17.3.